The summed E-state index contributed by atoms with van der Waals surface area (Å²) in [6.45, 7) is 4.84. The number of benzene rings is 1. The molecule has 2 heterocycles. The Morgan fingerprint density at radius 2 is 2.18 bits per heavy atom. The Labute approximate surface area is 133 Å². The predicted octanol–water partition coefficient (Wildman–Crippen LogP) is 2.42. The third-order valence-electron chi connectivity index (χ3n) is 3.80. The predicted molar refractivity (Wildman–Crippen MR) is 84.2 cm³/mol. The Kier molecular flexibility index (Phi) is 4.20. The fourth-order valence-electron chi connectivity index (χ4n) is 2.83. The van der Waals surface area contributed by atoms with Gasteiger partial charge < -0.3 is 4.74 Å². The molecular formula is C16H18FN2O2S+. The van der Waals surface area contributed by atoms with E-state index in [1.165, 1.54) is 12.1 Å². The molecule has 1 aromatic rings. The molecule has 1 unspecified atom stereocenters. The van der Waals surface area contributed by atoms with E-state index in [2.05, 4.69) is 9.89 Å². The third-order valence-corrected chi connectivity index (χ3v) is 4.79. The molecule has 0 aromatic heterocycles. The molecule has 1 N–H and O–H groups in total. The molecule has 0 saturated heterocycles. The summed E-state index contributed by atoms with van der Waals surface area (Å²) < 4.78 is 20.6. The van der Waals surface area contributed by atoms with E-state index in [-0.39, 0.29) is 17.8 Å². The van der Waals surface area contributed by atoms with Crippen LogP contribution in [-0.4, -0.2) is 34.6 Å². The van der Waals surface area contributed by atoms with Gasteiger partial charge in [-0.05, 0) is 37.7 Å². The van der Waals surface area contributed by atoms with Crippen LogP contribution < -0.4 is 5.32 Å². The summed E-state index contributed by atoms with van der Waals surface area (Å²) in [5, 5.41) is 4.33. The first-order chi connectivity index (χ1) is 10.6. The SMILES string of the molecule is CCOC(=O)C1=C(C)NC2=[N+](CCS2)C1c1ccc(F)cc1. The van der Waals surface area contributed by atoms with Crippen molar-refractivity contribution in [3.63, 3.8) is 0 Å². The van der Waals surface area contributed by atoms with Gasteiger partial charge >= 0.3 is 11.1 Å². The van der Waals surface area contributed by atoms with Gasteiger partial charge in [-0.2, -0.15) is 0 Å². The zero-order chi connectivity index (χ0) is 15.7. The van der Waals surface area contributed by atoms with E-state index in [0.717, 1.165) is 28.7 Å². The Morgan fingerprint density at radius 3 is 2.86 bits per heavy atom. The Balaban J connectivity index is 2.07. The number of nitrogens with zero attached hydrogens (tertiary/aromatic N) is 1. The van der Waals surface area contributed by atoms with Gasteiger partial charge in [0, 0.05) is 11.3 Å². The van der Waals surface area contributed by atoms with Crippen molar-refractivity contribution in [1.29, 1.82) is 0 Å². The first kappa shape index (κ1) is 15.1. The number of hydrogen-bond donors (Lipinski definition) is 1. The summed E-state index contributed by atoms with van der Waals surface area (Å²) in [6, 6.07) is 6.10. The van der Waals surface area contributed by atoms with E-state index in [9.17, 15) is 9.18 Å². The topological polar surface area (TPSA) is 41.3 Å². The van der Waals surface area contributed by atoms with Crippen LogP contribution in [0.4, 0.5) is 4.39 Å². The Bertz CT molecular complexity index is 667. The molecule has 0 spiro atoms. The third kappa shape index (κ3) is 2.63. The molecule has 22 heavy (non-hydrogen) atoms. The minimum Gasteiger partial charge on any atom is -0.462 e. The van der Waals surface area contributed by atoms with Crippen LogP contribution in [0.1, 0.15) is 25.5 Å². The average molecular weight is 321 g/mol. The molecule has 2 aliphatic rings. The molecule has 4 nitrogen and oxygen atoms in total. The van der Waals surface area contributed by atoms with Crippen LogP contribution in [0.15, 0.2) is 35.5 Å². The van der Waals surface area contributed by atoms with E-state index < -0.39 is 0 Å². The molecule has 0 fully saturated rings. The van der Waals surface area contributed by atoms with Gasteiger partial charge in [-0.1, -0.05) is 12.1 Å². The molecule has 116 valence electrons. The van der Waals surface area contributed by atoms with E-state index in [4.69, 9.17) is 4.74 Å². The van der Waals surface area contributed by atoms with Gasteiger partial charge in [0.05, 0.1) is 13.2 Å². The number of hydrogen-bond acceptors (Lipinski definition) is 4. The van der Waals surface area contributed by atoms with Crippen molar-refractivity contribution in [2.24, 2.45) is 0 Å². The molecular weight excluding hydrogens is 303 g/mol. The van der Waals surface area contributed by atoms with Gasteiger partial charge in [0.1, 0.15) is 17.1 Å². The fraction of sp³-hybridized carbons (Fsp3) is 0.375. The van der Waals surface area contributed by atoms with Gasteiger partial charge in [0.25, 0.3) is 0 Å². The smallest absolute Gasteiger partial charge is 0.342 e. The van der Waals surface area contributed by atoms with Gasteiger partial charge in [0.15, 0.2) is 6.04 Å². The van der Waals surface area contributed by atoms with Crippen LogP contribution >= 0.6 is 11.8 Å². The fourth-order valence-corrected chi connectivity index (χ4v) is 3.90. The van der Waals surface area contributed by atoms with Crippen LogP contribution in [0.5, 0.6) is 0 Å². The van der Waals surface area contributed by atoms with Crippen molar-refractivity contribution in [3.05, 3.63) is 46.9 Å². The van der Waals surface area contributed by atoms with Crippen molar-refractivity contribution in [1.82, 2.24) is 5.32 Å². The number of ether oxygens (including phenoxy) is 1. The summed E-state index contributed by atoms with van der Waals surface area (Å²) >= 11 is 1.73. The average Bonchev–Trinajstić information content (AvgIpc) is 2.94. The van der Waals surface area contributed by atoms with Crippen LogP contribution in [0.3, 0.4) is 0 Å². The lowest BCUT2D eigenvalue weighted by Gasteiger charge is -2.25. The molecule has 1 atom stereocenters. The van der Waals surface area contributed by atoms with Crippen molar-refractivity contribution in [3.8, 4) is 0 Å². The van der Waals surface area contributed by atoms with E-state index >= 15 is 0 Å². The molecule has 2 aliphatic heterocycles. The monoisotopic (exact) mass is 321 g/mol. The van der Waals surface area contributed by atoms with E-state index in [0.29, 0.717) is 12.2 Å². The maximum Gasteiger partial charge on any atom is 0.342 e. The van der Waals surface area contributed by atoms with Gasteiger partial charge in [-0.15, -0.1) is 0 Å². The number of amidine groups is 1. The lowest BCUT2D eigenvalue weighted by Crippen LogP contribution is -2.39. The highest BCUT2D eigenvalue weighted by Gasteiger charge is 2.41. The second-order valence-corrected chi connectivity index (χ2v) is 6.27. The molecule has 3 rings (SSSR count). The van der Waals surface area contributed by atoms with Crippen LogP contribution in [0.2, 0.25) is 0 Å². The zero-order valence-corrected chi connectivity index (χ0v) is 13.4. The minimum absolute atomic E-state index is 0.231. The molecule has 1 aromatic carbocycles. The van der Waals surface area contributed by atoms with Crippen LogP contribution in [0.25, 0.3) is 0 Å². The largest absolute Gasteiger partial charge is 0.462 e. The van der Waals surface area contributed by atoms with E-state index in [1.807, 2.05) is 6.92 Å². The number of esters is 1. The summed E-state index contributed by atoms with van der Waals surface area (Å²) in [4.78, 5) is 12.4. The number of carbonyl (C=O) groups is 1. The number of nitrogens with one attached hydrogen (secondary N) is 1. The number of carbonyl (C=O) groups excluding carboxylic acids is 1. The lowest BCUT2D eigenvalue weighted by molar-refractivity contribution is -0.556. The number of thioether (sulfide) groups is 1. The first-order valence-electron chi connectivity index (χ1n) is 7.28. The summed E-state index contributed by atoms with van der Waals surface area (Å²) in [7, 11) is 0. The number of halogens is 1. The van der Waals surface area contributed by atoms with Crippen molar-refractivity contribution in [2.45, 2.75) is 19.9 Å². The van der Waals surface area contributed by atoms with Gasteiger partial charge in [0.2, 0.25) is 0 Å². The second-order valence-electron chi connectivity index (χ2n) is 5.19. The van der Waals surface area contributed by atoms with Crippen LogP contribution in [0, 0.1) is 5.82 Å². The van der Waals surface area contributed by atoms with Crippen LogP contribution in [-0.2, 0) is 9.53 Å². The Morgan fingerprint density at radius 1 is 1.45 bits per heavy atom. The normalized spacial score (nSPS) is 20.8. The van der Waals surface area contributed by atoms with Gasteiger partial charge in [-0.3, -0.25) is 0 Å². The highest BCUT2D eigenvalue weighted by Crippen LogP contribution is 2.34. The Hall–Kier alpha value is -1.82. The molecule has 0 saturated carbocycles. The highest BCUT2D eigenvalue weighted by atomic mass is 32.2. The quantitative estimate of drug-likeness (QED) is 0.686. The van der Waals surface area contributed by atoms with Crippen molar-refractivity contribution < 1.29 is 18.5 Å². The van der Waals surface area contributed by atoms with Crippen molar-refractivity contribution >= 4 is 22.9 Å². The lowest BCUT2D eigenvalue weighted by atomic mass is 9.95. The standard InChI is InChI=1S/C16H17FN2O2S/c1-3-21-15(20)13-10(2)18-16-19(8-9-22-16)14(13)11-4-6-12(17)7-5-11/h4-7,14H,3,8-9H2,1-2H3/p+1. The maximum absolute atomic E-state index is 13.2. The number of allylic oxidation sites excluding steroid dienone is 1. The molecule has 0 radical (unpaired) electrons. The molecule has 0 bridgehead atoms. The number of rotatable bonds is 3. The summed E-state index contributed by atoms with van der Waals surface area (Å²) in [5.74, 6) is 0.359. The maximum atomic E-state index is 13.2. The van der Waals surface area contributed by atoms with E-state index in [1.54, 1.807) is 30.8 Å². The van der Waals surface area contributed by atoms with Gasteiger partial charge in [-0.25, -0.2) is 19.1 Å². The summed E-state index contributed by atoms with van der Waals surface area (Å²) in [6.07, 6.45) is 0. The first-order valence-corrected chi connectivity index (χ1v) is 8.27. The second kappa shape index (κ2) is 6.12. The minimum atomic E-state index is -0.322. The van der Waals surface area contributed by atoms with Crippen molar-refractivity contribution in [2.75, 3.05) is 18.9 Å². The zero-order valence-electron chi connectivity index (χ0n) is 12.6. The molecule has 6 heteroatoms. The molecule has 0 aliphatic carbocycles. The molecule has 0 amide bonds. The highest BCUT2D eigenvalue weighted by molar-refractivity contribution is 8.13. The summed E-state index contributed by atoms with van der Waals surface area (Å²) in [5.41, 5.74) is 2.29.